The number of rotatable bonds is 9. The molecule has 1 N–H and O–H groups in total. The van der Waals surface area contributed by atoms with Crippen LogP contribution >= 0.6 is 0 Å². The largest absolute Gasteiger partial charge is 0.315 e. The molecule has 1 aromatic carbocycles. The maximum atomic E-state index is 3.50. The second-order valence-corrected chi connectivity index (χ2v) is 4.59. The van der Waals surface area contributed by atoms with Crippen LogP contribution in [0.1, 0.15) is 25.3 Å². The third-order valence-electron chi connectivity index (χ3n) is 3.12. The molecule has 1 rings (SSSR count). The van der Waals surface area contributed by atoms with E-state index in [1.165, 1.54) is 24.8 Å². The molecule has 0 aliphatic heterocycles. The van der Waals surface area contributed by atoms with Gasteiger partial charge < -0.3 is 10.2 Å². The van der Waals surface area contributed by atoms with Crippen LogP contribution in [0.15, 0.2) is 30.3 Å². The summed E-state index contributed by atoms with van der Waals surface area (Å²) in [6.45, 7) is 6.73. The van der Waals surface area contributed by atoms with Crippen molar-refractivity contribution in [3.8, 4) is 0 Å². The summed E-state index contributed by atoms with van der Waals surface area (Å²) in [6, 6.07) is 10.7. The zero-order valence-corrected chi connectivity index (χ0v) is 11.3. The number of nitrogens with zero attached hydrogens (tertiary/aromatic N) is 1. The topological polar surface area (TPSA) is 15.3 Å². The average Bonchev–Trinajstić information content (AvgIpc) is 2.38. The van der Waals surface area contributed by atoms with Gasteiger partial charge in [0, 0.05) is 13.1 Å². The fraction of sp³-hybridized carbons (Fsp3) is 0.600. The first-order valence-corrected chi connectivity index (χ1v) is 6.76. The highest BCUT2D eigenvalue weighted by atomic mass is 15.1. The van der Waals surface area contributed by atoms with E-state index in [1.807, 2.05) is 0 Å². The van der Waals surface area contributed by atoms with Crippen molar-refractivity contribution in [1.82, 2.24) is 10.2 Å². The predicted molar refractivity (Wildman–Crippen MR) is 75.4 cm³/mol. The van der Waals surface area contributed by atoms with Gasteiger partial charge in [0.25, 0.3) is 0 Å². The van der Waals surface area contributed by atoms with Crippen LogP contribution in [0.5, 0.6) is 0 Å². The Bertz CT molecular complexity index is 272. The van der Waals surface area contributed by atoms with E-state index >= 15 is 0 Å². The van der Waals surface area contributed by atoms with Gasteiger partial charge in [-0.15, -0.1) is 0 Å². The summed E-state index contributed by atoms with van der Waals surface area (Å²) < 4.78 is 0. The van der Waals surface area contributed by atoms with Gasteiger partial charge in [0.1, 0.15) is 0 Å². The van der Waals surface area contributed by atoms with Crippen LogP contribution in [0, 0.1) is 0 Å². The Morgan fingerprint density at radius 1 is 1.06 bits per heavy atom. The average molecular weight is 234 g/mol. The molecule has 0 aliphatic rings. The number of hydrogen-bond acceptors (Lipinski definition) is 2. The summed E-state index contributed by atoms with van der Waals surface area (Å²) in [5, 5.41) is 3.50. The van der Waals surface area contributed by atoms with Crippen molar-refractivity contribution in [2.75, 3.05) is 33.2 Å². The van der Waals surface area contributed by atoms with Gasteiger partial charge in [0.2, 0.25) is 0 Å². The van der Waals surface area contributed by atoms with E-state index in [9.17, 15) is 0 Å². The quantitative estimate of drug-likeness (QED) is 0.661. The minimum absolute atomic E-state index is 1.11. The lowest BCUT2D eigenvalue weighted by molar-refractivity contribution is 0.348. The van der Waals surface area contributed by atoms with E-state index < -0.39 is 0 Å². The van der Waals surface area contributed by atoms with Crippen molar-refractivity contribution < 1.29 is 0 Å². The van der Waals surface area contributed by atoms with E-state index in [1.54, 1.807) is 0 Å². The normalized spacial score (nSPS) is 11.0. The van der Waals surface area contributed by atoms with E-state index in [4.69, 9.17) is 0 Å². The smallest absolute Gasteiger partial charge is 0.0104 e. The molecule has 0 saturated heterocycles. The Balaban J connectivity index is 1.91. The lowest BCUT2D eigenvalue weighted by Gasteiger charge is -2.13. The summed E-state index contributed by atoms with van der Waals surface area (Å²) in [5.41, 5.74) is 1.46. The number of unbranched alkanes of at least 4 members (excludes halogenated alkanes) is 1. The Hall–Kier alpha value is -0.860. The molecule has 0 amide bonds. The van der Waals surface area contributed by atoms with E-state index in [-0.39, 0.29) is 0 Å². The van der Waals surface area contributed by atoms with Gasteiger partial charge in [-0.1, -0.05) is 37.3 Å². The summed E-state index contributed by atoms with van der Waals surface area (Å²) >= 11 is 0. The van der Waals surface area contributed by atoms with Gasteiger partial charge in [-0.3, -0.25) is 0 Å². The molecule has 0 heterocycles. The molecule has 0 bridgehead atoms. The third kappa shape index (κ3) is 7.14. The number of benzene rings is 1. The Kier molecular flexibility index (Phi) is 7.69. The monoisotopic (exact) mass is 234 g/mol. The molecule has 0 unspecified atom stereocenters. The van der Waals surface area contributed by atoms with Crippen LogP contribution in [0.2, 0.25) is 0 Å². The van der Waals surface area contributed by atoms with Crippen LogP contribution in [-0.4, -0.2) is 38.1 Å². The number of aryl methyl sites for hydroxylation is 1. The first kappa shape index (κ1) is 14.2. The van der Waals surface area contributed by atoms with Gasteiger partial charge in [-0.2, -0.15) is 0 Å². The molecule has 2 heteroatoms. The highest BCUT2D eigenvalue weighted by molar-refractivity contribution is 5.14. The maximum Gasteiger partial charge on any atom is 0.0104 e. The molecular formula is C15H26N2. The Morgan fingerprint density at radius 2 is 1.82 bits per heavy atom. The molecule has 96 valence electrons. The van der Waals surface area contributed by atoms with Crippen molar-refractivity contribution in [2.24, 2.45) is 0 Å². The van der Waals surface area contributed by atoms with E-state index in [2.05, 4.69) is 54.5 Å². The number of likely N-dealkylation sites (N-methyl/N-ethyl adjacent to an activating group) is 1. The van der Waals surface area contributed by atoms with Gasteiger partial charge in [-0.25, -0.2) is 0 Å². The molecule has 0 fully saturated rings. The molecule has 0 radical (unpaired) electrons. The number of nitrogens with one attached hydrogen (secondary N) is 1. The molecule has 0 atom stereocenters. The first-order chi connectivity index (χ1) is 8.33. The summed E-state index contributed by atoms with van der Waals surface area (Å²) in [6.07, 6.45) is 3.75. The summed E-state index contributed by atoms with van der Waals surface area (Å²) in [7, 11) is 2.16. The predicted octanol–water partition coefficient (Wildman–Crippen LogP) is 2.55. The van der Waals surface area contributed by atoms with Crippen LogP contribution in [0.25, 0.3) is 0 Å². The fourth-order valence-electron chi connectivity index (χ4n) is 1.78. The second-order valence-electron chi connectivity index (χ2n) is 4.59. The molecule has 2 nitrogen and oxygen atoms in total. The minimum Gasteiger partial charge on any atom is -0.315 e. The van der Waals surface area contributed by atoms with Gasteiger partial charge in [0.15, 0.2) is 0 Å². The molecule has 0 aromatic heterocycles. The summed E-state index contributed by atoms with van der Waals surface area (Å²) in [4.78, 5) is 2.33. The Morgan fingerprint density at radius 3 is 2.53 bits per heavy atom. The van der Waals surface area contributed by atoms with Crippen molar-refractivity contribution in [2.45, 2.75) is 26.2 Å². The van der Waals surface area contributed by atoms with Crippen molar-refractivity contribution in [1.29, 1.82) is 0 Å². The molecule has 0 spiro atoms. The van der Waals surface area contributed by atoms with Crippen molar-refractivity contribution in [3.05, 3.63) is 35.9 Å². The van der Waals surface area contributed by atoms with Gasteiger partial charge >= 0.3 is 0 Å². The third-order valence-corrected chi connectivity index (χ3v) is 3.12. The maximum absolute atomic E-state index is 3.50. The lowest BCUT2D eigenvalue weighted by atomic mass is 10.1. The van der Waals surface area contributed by atoms with Crippen LogP contribution in [0.4, 0.5) is 0 Å². The zero-order chi connectivity index (χ0) is 12.3. The SMILES string of the molecule is CCN(C)CCNCCCCc1ccccc1. The Labute approximate surface area is 106 Å². The van der Waals surface area contributed by atoms with Crippen LogP contribution in [-0.2, 0) is 6.42 Å². The van der Waals surface area contributed by atoms with Crippen LogP contribution < -0.4 is 5.32 Å². The van der Waals surface area contributed by atoms with Gasteiger partial charge in [0.05, 0.1) is 0 Å². The second kappa shape index (κ2) is 9.20. The lowest BCUT2D eigenvalue weighted by Crippen LogP contribution is -2.29. The highest BCUT2D eigenvalue weighted by Crippen LogP contribution is 2.03. The minimum atomic E-state index is 1.11. The molecule has 0 saturated carbocycles. The zero-order valence-electron chi connectivity index (χ0n) is 11.3. The summed E-state index contributed by atoms with van der Waals surface area (Å²) in [5.74, 6) is 0. The van der Waals surface area contributed by atoms with Gasteiger partial charge in [-0.05, 0) is 45.0 Å². The number of hydrogen-bond donors (Lipinski definition) is 1. The molecule has 1 aromatic rings. The van der Waals surface area contributed by atoms with Crippen molar-refractivity contribution in [3.63, 3.8) is 0 Å². The highest BCUT2D eigenvalue weighted by Gasteiger charge is 1.94. The fourth-order valence-corrected chi connectivity index (χ4v) is 1.78. The van der Waals surface area contributed by atoms with Crippen LogP contribution in [0.3, 0.4) is 0 Å². The standard InChI is InChI=1S/C15H26N2/c1-3-17(2)14-13-16-12-8-7-11-15-9-5-4-6-10-15/h4-6,9-10,16H,3,7-8,11-14H2,1-2H3. The van der Waals surface area contributed by atoms with Crippen molar-refractivity contribution >= 4 is 0 Å². The molecular weight excluding hydrogens is 208 g/mol. The molecule has 17 heavy (non-hydrogen) atoms. The first-order valence-electron chi connectivity index (χ1n) is 6.76. The molecule has 0 aliphatic carbocycles. The van der Waals surface area contributed by atoms with E-state index in [0.29, 0.717) is 0 Å². The van der Waals surface area contributed by atoms with E-state index in [0.717, 1.165) is 26.2 Å².